The molecule has 0 amide bonds. The predicted octanol–water partition coefficient (Wildman–Crippen LogP) is 1.64. The zero-order valence-corrected chi connectivity index (χ0v) is 10.1. The summed E-state index contributed by atoms with van der Waals surface area (Å²) in [7, 11) is 1.54. The molecule has 8 heteroatoms. The minimum absolute atomic E-state index is 0.0959. The number of rotatable bonds is 5. The monoisotopic (exact) mass is 266 g/mol. The number of nitro benzene ring substituents is 1. The zero-order chi connectivity index (χ0) is 13.8. The summed E-state index contributed by atoms with van der Waals surface area (Å²) in [6.45, 7) is 0.820. The number of aromatic nitrogens is 3. The van der Waals surface area contributed by atoms with E-state index < -0.39 is 10.7 Å². The van der Waals surface area contributed by atoms with Crippen LogP contribution in [0.15, 0.2) is 24.5 Å². The Morgan fingerprint density at radius 3 is 3.00 bits per heavy atom. The maximum Gasteiger partial charge on any atom is 0.280 e. The molecule has 2 rings (SSSR count). The average Bonchev–Trinajstić information content (AvgIpc) is 2.83. The molecule has 19 heavy (non-hydrogen) atoms. The molecule has 0 aliphatic carbocycles. The molecule has 0 aliphatic heterocycles. The summed E-state index contributed by atoms with van der Waals surface area (Å²) in [5, 5.41) is 18.5. The summed E-state index contributed by atoms with van der Waals surface area (Å²) in [5.41, 5.74) is -0.119. The first-order valence-corrected chi connectivity index (χ1v) is 5.44. The summed E-state index contributed by atoms with van der Waals surface area (Å²) in [4.78, 5) is 10.4. The van der Waals surface area contributed by atoms with Crippen LogP contribution in [0.25, 0.3) is 11.4 Å². The van der Waals surface area contributed by atoms with E-state index in [1.807, 2.05) is 0 Å². The highest BCUT2D eigenvalue weighted by molar-refractivity contribution is 5.68. The van der Waals surface area contributed by atoms with E-state index >= 15 is 0 Å². The Kier molecular flexibility index (Phi) is 3.81. The van der Waals surface area contributed by atoms with Crippen molar-refractivity contribution in [1.82, 2.24) is 14.8 Å². The Labute approximate surface area is 107 Å². The molecule has 0 fully saturated rings. The lowest BCUT2D eigenvalue weighted by molar-refractivity contribution is -0.384. The first-order chi connectivity index (χ1) is 9.13. The van der Waals surface area contributed by atoms with Crippen LogP contribution >= 0.6 is 0 Å². The minimum Gasteiger partial charge on any atom is -0.383 e. The van der Waals surface area contributed by atoms with Gasteiger partial charge in [0.05, 0.1) is 17.1 Å². The first kappa shape index (κ1) is 13.1. The maximum absolute atomic E-state index is 13.3. The van der Waals surface area contributed by atoms with Gasteiger partial charge in [0.2, 0.25) is 0 Å². The number of hydrogen-bond acceptors (Lipinski definition) is 5. The van der Waals surface area contributed by atoms with Gasteiger partial charge in [0.25, 0.3) is 5.69 Å². The fourth-order valence-corrected chi connectivity index (χ4v) is 1.66. The molecule has 2 aromatic rings. The summed E-state index contributed by atoms with van der Waals surface area (Å²) in [5.74, 6) is -0.329. The van der Waals surface area contributed by atoms with Crippen molar-refractivity contribution >= 4 is 5.69 Å². The Morgan fingerprint density at radius 1 is 1.53 bits per heavy atom. The first-order valence-electron chi connectivity index (χ1n) is 5.44. The molecule has 0 spiro atoms. The lowest BCUT2D eigenvalue weighted by Gasteiger charge is -2.06. The van der Waals surface area contributed by atoms with E-state index in [0.29, 0.717) is 13.2 Å². The van der Waals surface area contributed by atoms with Gasteiger partial charge in [-0.05, 0) is 12.1 Å². The lowest BCUT2D eigenvalue weighted by Crippen LogP contribution is -2.06. The maximum atomic E-state index is 13.3. The largest absolute Gasteiger partial charge is 0.383 e. The highest BCUT2D eigenvalue weighted by Crippen LogP contribution is 2.28. The molecule has 0 atom stereocenters. The molecule has 0 radical (unpaired) electrons. The SMILES string of the molecule is COCCn1cnnc1-c1cc(F)ccc1[N+](=O)[O-]. The van der Waals surface area contributed by atoms with E-state index in [2.05, 4.69) is 10.2 Å². The number of hydrogen-bond donors (Lipinski definition) is 0. The van der Waals surface area contributed by atoms with Crippen LogP contribution in [0.2, 0.25) is 0 Å². The average molecular weight is 266 g/mol. The number of halogens is 1. The van der Waals surface area contributed by atoms with Crippen LogP contribution in [0.3, 0.4) is 0 Å². The Morgan fingerprint density at radius 2 is 2.32 bits per heavy atom. The van der Waals surface area contributed by atoms with Crippen LogP contribution in [0.1, 0.15) is 0 Å². The van der Waals surface area contributed by atoms with Gasteiger partial charge in [-0.3, -0.25) is 10.1 Å². The second-order valence-electron chi connectivity index (χ2n) is 3.76. The van der Waals surface area contributed by atoms with E-state index in [9.17, 15) is 14.5 Å². The molecular formula is C11H11FN4O3. The molecule has 0 aliphatic rings. The minimum atomic E-state index is -0.579. The van der Waals surface area contributed by atoms with Crippen LogP contribution in [0.5, 0.6) is 0 Å². The molecule has 0 N–H and O–H groups in total. The van der Waals surface area contributed by atoms with Gasteiger partial charge in [-0.25, -0.2) is 4.39 Å². The Hall–Kier alpha value is -2.35. The standard InChI is InChI=1S/C11H11FN4O3/c1-19-5-4-15-7-13-14-11(15)9-6-8(12)2-3-10(9)16(17)18/h2-3,6-7H,4-5H2,1H3. The smallest absolute Gasteiger partial charge is 0.280 e. The Balaban J connectivity index is 2.49. The normalized spacial score (nSPS) is 10.6. The van der Waals surface area contributed by atoms with Crippen molar-refractivity contribution in [1.29, 1.82) is 0 Å². The van der Waals surface area contributed by atoms with Crippen LogP contribution in [0.4, 0.5) is 10.1 Å². The zero-order valence-electron chi connectivity index (χ0n) is 10.1. The van der Waals surface area contributed by atoms with Gasteiger partial charge in [0.15, 0.2) is 5.82 Å². The number of ether oxygens (including phenoxy) is 1. The van der Waals surface area contributed by atoms with Crippen molar-refractivity contribution in [2.45, 2.75) is 6.54 Å². The Bertz CT molecular complexity index is 599. The molecule has 0 saturated heterocycles. The molecule has 0 saturated carbocycles. The van der Waals surface area contributed by atoms with E-state index in [1.165, 1.54) is 13.4 Å². The van der Waals surface area contributed by atoms with Crippen molar-refractivity contribution < 1.29 is 14.1 Å². The van der Waals surface area contributed by atoms with Crippen LogP contribution in [-0.4, -0.2) is 33.4 Å². The highest BCUT2D eigenvalue weighted by atomic mass is 19.1. The molecule has 7 nitrogen and oxygen atoms in total. The van der Waals surface area contributed by atoms with Crippen molar-refractivity contribution in [2.24, 2.45) is 0 Å². The van der Waals surface area contributed by atoms with Gasteiger partial charge in [0.1, 0.15) is 12.1 Å². The number of benzene rings is 1. The second kappa shape index (κ2) is 5.53. The van der Waals surface area contributed by atoms with E-state index in [-0.39, 0.29) is 17.1 Å². The van der Waals surface area contributed by atoms with Gasteiger partial charge >= 0.3 is 0 Å². The van der Waals surface area contributed by atoms with Crippen molar-refractivity contribution in [3.63, 3.8) is 0 Å². The quantitative estimate of drug-likeness (QED) is 0.606. The van der Waals surface area contributed by atoms with Gasteiger partial charge in [0, 0.05) is 19.7 Å². The number of nitro groups is 1. The third-order valence-corrected chi connectivity index (χ3v) is 2.55. The molecule has 0 bridgehead atoms. The van der Waals surface area contributed by atoms with Crippen LogP contribution in [0, 0.1) is 15.9 Å². The third-order valence-electron chi connectivity index (χ3n) is 2.55. The fraction of sp³-hybridized carbons (Fsp3) is 0.273. The summed E-state index contributed by atoms with van der Waals surface area (Å²) in [6.07, 6.45) is 1.42. The van der Waals surface area contributed by atoms with Crippen molar-refractivity contribution in [3.8, 4) is 11.4 Å². The van der Waals surface area contributed by atoms with Crippen LogP contribution in [-0.2, 0) is 11.3 Å². The molecule has 1 aromatic carbocycles. The van der Waals surface area contributed by atoms with Gasteiger partial charge in [-0.1, -0.05) is 0 Å². The summed E-state index contributed by atoms with van der Waals surface area (Å²) >= 11 is 0. The van der Waals surface area contributed by atoms with Gasteiger partial charge < -0.3 is 9.30 Å². The van der Waals surface area contributed by atoms with Crippen molar-refractivity contribution in [2.75, 3.05) is 13.7 Å². The van der Waals surface area contributed by atoms with Gasteiger partial charge in [-0.2, -0.15) is 0 Å². The van der Waals surface area contributed by atoms with Crippen LogP contribution < -0.4 is 0 Å². The molecule has 1 heterocycles. The summed E-state index contributed by atoms with van der Waals surface area (Å²) < 4.78 is 19.8. The molecule has 0 unspecified atom stereocenters. The molecular weight excluding hydrogens is 255 g/mol. The third kappa shape index (κ3) is 2.74. The van der Waals surface area contributed by atoms with E-state index in [4.69, 9.17) is 4.74 Å². The second-order valence-corrected chi connectivity index (χ2v) is 3.76. The predicted molar refractivity (Wildman–Crippen MR) is 63.9 cm³/mol. The fourth-order valence-electron chi connectivity index (χ4n) is 1.66. The number of nitrogens with zero attached hydrogens (tertiary/aromatic N) is 4. The topological polar surface area (TPSA) is 83.1 Å². The van der Waals surface area contributed by atoms with Crippen molar-refractivity contribution in [3.05, 3.63) is 40.5 Å². The lowest BCUT2D eigenvalue weighted by atomic mass is 10.1. The highest BCUT2D eigenvalue weighted by Gasteiger charge is 2.20. The van der Waals surface area contributed by atoms with Gasteiger partial charge in [-0.15, -0.1) is 10.2 Å². The molecule has 100 valence electrons. The van der Waals surface area contributed by atoms with E-state index in [0.717, 1.165) is 18.2 Å². The summed E-state index contributed by atoms with van der Waals surface area (Å²) in [6, 6.07) is 3.23. The number of methoxy groups -OCH3 is 1. The molecule has 1 aromatic heterocycles. The van der Waals surface area contributed by atoms with E-state index in [1.54, 1.807) is 4.57 Å².